The first-order chi connectivity index (χ1) is 15.0. The molecule has 2 aliphatic carbocycles. The van der Waals surface area contributed by atoms with E-state index < -0.39 is 0 Å². The van der Waals surface area contributed by atoms with Gasteiger partial charge in [-0.1, -0.05) is 50.6 Å². The zero-order valence-corrected chi connectivity index (χ0v) is 20.3. The fourth-order valence-electron chi connectivity index (χ4n) is 6.41. The third-order valence-corrected chi connectivity index (χ3v) is 8.41. The number of carbonyl (C=O) groups is 1. The highest BCUT2D eigenvalue weighted by Crippen LogP contribution is 2.61. The maximum atomic E-state index is 12.4. The summed E-state index contributed by atoms with van der Waals surface area (Å²) >= 11 is 0. The zero-order valence-electron chi connectivity index (χ0n) is 20.3. The maximum Gasteiger partial charge on any atom is 0.243 e. The van der Waals surface area contributed by atoms with E-state index in [1.807, 2.05) is 19.1 Å². The third-order valence-electron chi connectivity index (χ3n) is 8.41. The molecule has 2 saturated carbocycles. The quantitative estimate of drug-likeness (QED) is 0.385. The van der Waals surface area contributed by atoms with Gasteiger partial charge in [-0.3, -0.25) is 4.79 Å². The molecular formula is C28H41NO3. The van der Waals surface area contributed by atoms with Gasteiger partial charge in [-0.2, -0.15) is 0 Å². The predicted molar refractivity (Wildman–Crippen MR) is 130 cm³/mol. The van der Waals surface area contributed by atoms with Crippen LogP contribution in [0.15, 0.2) is 48.1 Å². The highest BCUT2D eigenvalue weighted by atomic mass is 16.3. The molecule has 0 radical (unpaired) electrons. The minimum Gasteiger partial charge on any atom is -0.508 e. The van der Waals surface area contributed by atoms with Crippen molar-refractivity contribution in [3.8, 4) is 5.75 Å². The number of hydrogen-bond acceptors (Lipinski definition) is 3. The summed E-state index contributed by atoms with van der Waals surface area (Å²) in [5.41, 5.74) is 3.64. The average Bonchev–Trinajstić information content (AvgIpc) is 2.72. The number of benzene rings is 1. The highest BCUT2D eigenvalue weighted by Gasteiger charge is 2.55. The topological polar surface area (TPSA) is 69.6 Å². The Labute approximate surface area is 193 Å². The van der Waals surface area contributed by atoms with E-state index in [4.69, 9.17) is 0 Å². The number of rotatable bonds is 7. The largest absolute Gasteiger partial charge is 0.508 e. The summed E-state index contributed by atoms with van der Waals surface area (Å²) in [6.07, 6.45) is 8.23. The molecule has 4 heteroatoms. The minimum absolute atomic E-state index is 0.0465. The summed E-state index contributed by atoms with van der Waals surface area (Å²) in [7, 11) is 0. The molecule has 0 saturated heterocycles. The van der Waals surface area contributed by atoms with Gasteiger partial charge < -0.3 is 15.5 Å². The Morgan fingerprint density at radius 1 is 1.22 bits per heavy atom. The molecule has 1 aromatic rings. The first-order valence-electron chi connectivity index (χ1n) is 12.1. The molecule has 176 valence electrons. The van der Waals surface area contributed by atoms with Crippen molar-refractivity contribution in [3.63, 3.8) is 0 Å². The zero-order chi connectivity index (χ0) is 23.5. The van der Waals surface area contributed by atoms with Crippen LogP contribution in [-0.4, -0.2) is 28.8 Å². The second kappa shape index (κ2) is 9.82. The lowest BCUT2D eigenvalue weighted by Crippen LogP contribution is -2.54. The number of aliphatic hydroxyl groups is 1. The number of fused-ring (bicyclic) bond motifs is 1. The van der Waals surface area contributed by atoms with Gasteiger partial charge in [-0.25, -0.2) is 0 Å². The molecule has 0 aromatic heterocycles. The Bertz CT molecular complexity index is 854. The number of nitrogens with one attached hydrogen (secondary N) is 1. The van der Waals surface area contributed by atoms with Crippen LogP contribution < -0.4 is 5.32 Å². The molecule has 4 nitrogen and oxygen atoms in total. The lowest BCUT2D eigenvalue weighted by atomic mass is 9.46. The molecule has 0 bridgehead atoms. The monoisotopic (exact) mass is 439 g/mol. The normalized spacial score (nSPS) is 30.0. The number of amides is 1. The number of hydrogen-bond donors (Lipinski definition) is 3. The van der Waals surface area contributed by atoms with Gasteiger partial charge in [-0.15, -0.1) is 0 Å². The van der Waals surface area contributed by atoms with E-state index in [-0.39, 0.29) is 28.6 Å². The van der Waals surface area contributed by atoms with Crippen molar-refractivity contribution in [2.24, 2.45) is 22.7 Å². The molecule has 4 atom stereocenters. The van der Waals surface area contributed by atoms with Crippen molar-refractivity contribution in [2.45, 2.75) is 78.7 Å². The molecule has 3 N–H and O–H groups in total. The maximum absolute atomic E-state index is 12.4. The van der Waals surface area contributed by atoms with Crippen LogP contribution in [0, 0.1) is 22.7 Å². The Morgan fingerprint density at radius 3 is 2.59 bits per heavy atom. The van der Waals surface area contributed by atoms with Gasteiger partial charge in [0, 0.05) is 12.6 Å². The number of phenols is 1. The number of allylic oxidation sites excluding steroid dienone is 2. The van der Waals surface area contributed by atoms with E-state index in [9.17, 15) is 15.0 Å². The Morgan fingerprint density at radius 2 is 1.91 bits per heavy atom. The number of aromatic hydroxyl groups is 1. The third kappa shape index (κ3) is 5.28. The van der Waals surface area contributed by atoms with Crippen LogP contribution >= 0.6 is 0 Å². The van der Waals surface area contributed by atoms with Crippen LogP contribution in [0.5, 0.6) is 5.75 Å². The van der Waals surface area contributed by atoms with Crippen LogP contribution in [0.1, 0.15) is 71.8 Å². The first-order valence-corrected chi connectivity index (χ1v) is 12.1. The van der Waals surface area contributed by atoms with Crippen molar-refractivity contribution in [3.05, 3.63) is 53.6 Å². The van der Waals surface area contributed by atoms with E-state index in [0.29, 0.717) is 18.4 Å². The summed E-state index contributed by atoms with van der Waals surface area (Å²) < 4.78 is 0. The summed E-state index contributed by atoms with van der Waals surface area (Å²) in [4.78, 5) is 12.4. The van der Waals surface area contributed by atoms with Crippen molar-refractivity contribution >= 4 is 5.91 Å². The van der Waals surface area contributed by atoms with E-state index in [1.54, 1.807) is 18.2 Å². The van der Waals surface area contributed by atoms with Crippen molar-refractivity contribution in [1.82, 2.24) is 5.32 Å². The summed E-state index contributed by atoms with van der Waals surface area (Å²) in [6, 6.07) is 7.08. The van der Waals surface area contributed by atoms with Gasteiger partial charge in [-0.05, 0) is 92.2 Å². The van der Waals surface area contributed by atoms with Crippen LogP contribution in [0.2, 0.25) is 0 Å². The van der Waals surface area contributed by atoms with Gasteiger partial charge in [0.25, 0.3) is 0 Å². The SMILES string of the molecule is C=C1CC[C@@H]2C(C)(C)[C@H](O)CC[C@@]2(C)[C@@H]1CCC(C)=CC(=O)NCCc1ccc(O)cc1. The average molecular weight is 440 g/mol. The Hall–Kier alpha value is -2.07. The van der Waals surface area contributed by atoms with Crippen LogP contribution in [0.25, 0.3) is 0 Å². The smallest absolute Gasteiger partial charge is 0.243 e. The van der Waals surface area contributed by atoms with E-state index in [2.05, 4.69) is 32.7 Å². The van der Waals surface area contributed by atoms with E-state index in [0.717, 1.165) is 56.1 Å². The van der Waals surface area contributed by atoms with Crippen molar-refractivity contribution < 1.29 is 15.0 Å². The standard InChI is InChI=1S/C28H41NO3/c1-19(18-26(32)29-17-15-21-8-10-22(30)11-9-21)6-12-23-20(2)7-13-24-27(3,4)25(31)14-16-28(23,24)5/h8-11,18,23-25,30-31H,2,6-7,12-17H2,1,3-5H3,(H,29,32)/t23-,24-,25-,28+/m1/s1. The Kier molecular flexibility index (Phi) is 7.54. The summed E-state index contributed by atoms with van der Waals surface area (Å²) in [5, 5.41) is 23.0. The van der Waals surface area contributed by atoms with E-state index in [1.165, 1.54) is 5.57 Å². The number of carbonyl (C=O) groups excluding carboxylic acids is 1. The highest BCUT2D eigenvalue weighted by molar-refractivity contribution is 5.88. The molecule has 2 aliphatic rings. The molecule has 1 aromatic carbocycles. The van der Waals surface area contributed by atoms with Crippen molar-refractivity contribution in [1.29, 1.82) is 0 Å². The molecule has 32 heavy (non-hydrogen) atoms. The lowest BCUT2D eigenvalue weighted by molar-refractivity contribution is -0.124. The second-order valence-electron chi connectivity index (χ2n) is 10.9. The van der Waals surface area contributed by atoms with Gasteiger partial charge in [0.05, 0.1) is 6.10 Å². The molecule has 0 unspecified atom stereocenters. The van der Waals surface area contributed by atoms with E-state index >= 15 is 0 Å². The first kappa shape index (κ1) is 24.6. The summed E-state index contributed by atoms with van der Waals surface area (Å²) in [5.74, 6) is 1.15. The molecule has 0 aliphatic heterocycles. The number of phenolic OH excluding ortho intramolecular Hbond substituents is 1. The fraction of sp³-hybridized carbons (Fsp3) is 0.607. The second-order valence-corrected chi connectivity index (χ2v) is 10.9. The van der Waals surface area contributed by atoms with Gasteiger partial charge in [0.2, 0.25) is 5.91 Å². The van der Waals surface area contributed by atoms with Crippen molar-refractivity contribution in [2.75, 3.05) is 6.54 Å². The summed E-state index contributed by atoms with van der Waals surface area (Å²) in [6.45, 7) is 13.9. The molecule has 2 fully saturated rings. The van der Waals surface area contributed by atoms with Gasteiger partial charge in [0.1, 0.15) is 5.75 Å². The number of aliphatic hydroxyl groups excluding tert-OH is 1. The molecule has 0 heterocycles. The van der Waals surface area contributed by atoms with Crippen LogP contribution in [-0.2, 0) is 11.2 Å². The van der Waals surface area contributed by atoms with Gasteiger partial charge in [0.15, 0.2) is 0 Å². The lowest BCUT2D eigenvalue weighted by Gasteiger charge is -2.59. The molecule has 0 spiro atoms. The van der Waals surface area contributed by atoms with Crippen LogP contribution in [0.3, 0.4) is 0 Å². The van der Waals surface area contributed by atoms with Gasteiger partial charge >= 0.3 is 0 Å². The Balaban J connectivity index is 1.54. The molecular weight excluding hydrogens is 398 g/mol. The fourth-order valence-corrected chi connectivity index (χ4v) is 6.41. The minimum atomic E-state index is -0.223. The molecule has 1 amide bonds. The molecule has 3 rings (SSSR count). The van der Waals surface area contributed by atoms with Crippen LogP contribution in [0.4, 0.5) is 0 Å². The predicted octanol–water partition coefficient (Wildman–Crippen LogP) is 5.55.